The maximum absolute atomic E-state index is 13.0. The molecule has 0 spiro atoms. The van der Waals surface area contributed by atoms with Gasteiger partial charge in [-0.3, -0.25) is 0 Å². The monoisotopic (exact) mass is 409 g/mol. The van der Waals surface area contributed by atoms with Crippen molar-refractivity contribution in [2.24, 2.45) is 0 Å². The van der Waals surface area contributed by atoms with Gasteiger partial charge in [0.15, 0.2) is 5.13 Å². The van der Waals surface area contributed by atoms with E-state index in [1.807, 2.05) is 31.3 Å². The van der Waals surface area contributed by atoms with Crippen LogP contribution in [0.1, 0.15) is 10.6 Å². The summed E-state index contributed by atoms with van der Waals surface area (Å²) in [6.07, 6.45) is 3.61. The topological polar surface area (TPSA) is 74.9 Å². The average molecular weight is 409 g/mol. The molecular formula is C21H20FN5OS. The van der Waals surface area contributed by atoms with Gasteiger partial charge in [-0.1, -0.05) is 11.3 Å². The van der Waals surface area contributed by atoms with E-state index in [-0.39, 0.29) is 5.82 Å². The van der Waals surface area contributed by atoms with Gasteiger partial charge in [0.2, 0.25) is 0 Å². The molecular weight excluding hydrogens is 389 g/mol. The van der Waals surface area contributed by atoms with Gasteiger partial charge < -0.3 is 20.4 Å². The fourth-order valence-electron chi connectivity index (χ4n) is 2.84. The van der Waals surface area contributed by atoms with Crippen molar-refractivity contribution in [1.82, 2.24) is 15.0 Å². The van der Waals surface area contributed by atoms with Gasteiger partial charge in [-0.15, -0.1) is 0 Å². The lowest BCUT2D eigenvalue weighted by Gasteiger charge is -2.09. The van der Waals surface area contributed by atoms with E-state index in [1.165, 1.54) is 12.1 Å². The highest BCUT2D eigenvalue weighted by atomic mass is 32.1. The quantitative estimate of drug-likeness (QED) is 0.384. The van der Waals surface area contributed by atoms with E-state index in [2.05, 4.69) is 25.6 Å². The first-order chi connectivity index (χ1) is 14.1. The second-order valence-corrected chi connectivity index (χ2v) is 7.56. The van der Waals surface area contributed by atoms with Gasteiger partial charge >= 0.3 is 0 Å². The van der Waals surface area contributed by atoms with Crippen LogP contribution in [-0.4, -0.2) is 22.1 Å². The summed E-state index contributed by atoms with van der Waals surface area (Å²) in [5, 5.41) is 7.35. The van der Waals surface area contributed by atoms with Crippen molar-refractivity contribution >= 4 is 27.8 Å². The van der Waals surface area contributed by atoms with Crippen molar-refractivity contribution in [1.29, 1.82) is 0 Å². The summed E-state index contributed by atoms with van der Waals surface area (Å²) in [6.45, 7) is 2.58. The van der Waals surface area contributed by atoms with Crippen LogP contribution in [0.15, 0.2) is 54.9 Å². The van der Waals surface area contributed by atoms with Crippen LogP contribution in [0.3, 0.4) is 0 Å². The Hall–Kier alpha value is -3.39. The molecule has 0 atom stereocenters. The zero-order valence-corrected chi connectivity index (χ0v) is 16.8. The summed E-state index contributed by atoms with van der Waals surface area (Å²) in [6, 6.07) is 12.1. The largest absolute Gasteiger partial charge is 0.496 e. The van der Waals surface area contributed by atoms with Gasteiger partial charge in [-0.25, -0.2) is 14.4 Å². The normalized spacial score (nSPS) is 10.7. The molecule has 0 aliphatic carbocycles. The van der Waals surface area contributed by atoms with Crippen LogP contribution in [0.25, 0.3) is 11.4 Å². The molecule has 0 saturated carbocycles. The minimum atomic E-state index is -0.247. The second-order valence-electron chi connectivity index (χ2n) is 6.45. The zero-order valence-electron chi connectivity index (χ0n) is 16.0. The zero-order chi connectivity index (χ0) is 20.2. The molecule has 4 rings (SSSR count). The molecule has 0 unspecified atom stereocenters. The third-order valence-electron chi connectivity index (χ3n) is 4.28. The molecule has 8 heteroatoms. The Morgan fingerprint density at radius 3 is 2.59 bits per heavy atom. The molecule has 3 N–H and O–H groups in total. The van der Waals surface area contributed by atoms with Crippen molar-refractivity contribution in [3.63, 3.8) is 0 Å². The number of imidazole rings is 1. The molecule has 4 aromatic rings. The summed E-state index contributed by atoms with van der Waals surface area (Å²) in [5.74, 6) is 1.25. The summed E-state index contributed by atoms with van der Waals surface area (Å²) in [7, 11) is 1.64. The number of nitrogens with one attached hydrogen (secondary N) is 3. The van der Waals surface area contributed by atoms with Crippen molar-refractivity contribution < 1.29 is 9.13 Å². The molecule has 2 aromatic heterocycles. The number of aromatic nitrogens is 3. The number of methoxy groups -OCH3 is 1. The first kappa shape index (κ1) is 18.9. The highest BCUT2D eigenvalue weighted by Gasteiger charge is 2.11. The number of nitrogens with zero attached hydrogens (tertiary/aromatic N) is 2. The minimum Gasteiger partial charge on any atom is -0.496 e. The molecule has 0 amide bonds. The molecule has 6 nitrogen and oxygen atoms in total. The molecule has 2 heterocycles. The van der Waals surface area contributed by atoms with E-state index in [4.69, 9.17) is 4.74 Å². The van der Waals surface area contributed by atoms with E-state index in [9.17, 15) is 4.39 Å². The number of H-pyrrole nitrogens is 1. The number of ether oxygens (including phenoxy) is 1. The van der Waals surface area contributed by atoms with Crippen LogP contribution in [-0.2, 0) is 6.54 Å². The summed E-state index contributed by atoms with van der Waals surface area (Å²) >= 11 is 1.55. The van der Waals surface area contributed by atoms with Gasteiger partial charge in [0.1, 0.15) is 17.4 Å². The summed E-state index contributed by atoms with van der Waals surface area (Å²) < 4.78 is 18.5. The molecule has 0 aliphatic rings. The van der Waals surface area contributed by atoms with E-state index < -0.39 is 0 Å². The SMILES string of the molecule is COc1cc(Nc2ncc(CNc3ccc(F)cc3)s2)ccc1-c1ncc(C)[nH]1. The molecule has 148 valence electrons. The Bertz CT molecular complexity index is 1110. The van der Waals surface area contributed by atoms with Gasteiger partial charge in [0, 0.05) is 40.4 Å². The smallest absolute Gasteiger partial charge is 0.187 e. The van der Waals surface area contributed by atoms with E-state index in [1.54, 1.807) is 36.8 Å². The Morgan fingerprint density at radius 2 is 1.86 bits per heavy atom. The average Bonchev–Trinajstić information content (AvgIpc) is 3.36. The number of thiazole rings is 1. The van der Waals surface area contributed by atoms with Crippen molar-refractivity contribution in [3.8, 4) is 17.1 Å². The van der Waals surface area contributed by atoms with Crippen LogP contribution in [0, 0.1) is 12.7 Å². The Balaban J connectivity index is 1.43. The minimum absolute atomic E-state index is 0.247. The number of benzene rings is 2. The van der Waals surface area contributed by atoms with E-state index >= 15 is 0 Å². The van der Waals surface area contributed by atoms with Crippen LogP contribution in [0.5, 0.6) is 5.75 Å². The molecule has 0 bridgehead atoms. The van der Waals surface area contributed by atoms with Crippen molar-refractivity contribution in [2.45, 2.75) is 13.5 Å². The Morgan fingerprint density at radius 1 is 1.07 bits per heavy atom. The number of hydrogen-bond acceptors (Lipinski definition) is 6. The van der Waals surface area contributed by atoms with E-state index in [0.717, 1.165) is 44.2 Å². The van der Waals surface area contributed by atoms with Gasteiger partial charge in [-0.2, -0.15) is 0 Å². The number of halogens is 1. The predicted octanol–water partition coefficient (Wildman–Crippen LogP) is 5.35. The number of aryl methyl sites for hydroxylation is 1. The van der Waals surface area contributed by atoms with Gasteiger partial charge in [0.05, 0.1) is 19.2 Å². The number of rotatable bonds is 7. The summed E-state index contributed by atoms with van der Waals surface area (Å²) in [4.78, 5) is 13.1. The maximum Gasteiger partial charge on any atom is 0.187 e. The third-order valence-corrected chi connectivity index (χ3v) is 5.19. The van der Waals surface area contributed by atoms with E-state index in [0.29, 0.717) is 6.54 Å². The molecule has 0 fully saturated rings. The lowest BCUT2D eigenvalue weighted by molar-refractivity contribution is 0.416. The Labute approximate surface area is 171 Å². The van der Waals surface area contributed by atoms with Crippen LogP contribution >= 0.6 is 11.3 Å². The van der Waals surface area contributed by atoms with Crippen LogP contribution in [0.4, 0.5) is 20.9 Å². The highest BCUT2D eigenvalue weighted by molar-refractivity contribution is 7.15. The maximum atomic E-state index is 13.0. The lowest BCUT2D eigenvalue weighted by atomic mass is 10.1. The number of anilines is 3. The molecule has 0 aliphatic heterocycles. The van der Waals surface area contributed by atoms with Crippen LogP contribution < -0.4 is 15.4 Å². The molecule has 29 heavy (non-hydrogen) atoms. The predicted molar refractivity (Wildman–Crippen MR) is 114 cm³/mol. The number of hydrogen-bond donors (Lipinski definition) is 3. The second kappa shape index (κ2) is 8.32. The molecule has 2 aromatic carbocycles. The third kappa shape index (κ3) is 4.55. The lowest BCUT2D eigenvalue weighted by Crippen LogP contribution is -1.96. The molecule has 0 radical (unpaired) electrons. The fraction of sp³-hybridized carbons (Fsp3) is 0.143. The number of aromatic amines is 1. The van der Waals surface area contributed by atoms with Crippen molar-refractivity contribution in [2.75, 3.05) is 17.7 Å². The Kier molecular flexibility index (Phi) is 5.44. The first-order valence-electron chi connectivity index (χ1n) is 9.02. The van der Waals surface area contributed by atoms with Crippen LogP contribution in [0.2, 0.25) is 0 Å². The summed E-state index contributed by atoms with van der Waals surface area (Å²) in [5.41, 5.74) is 3.63. The van der Waals surface area contributed by atoms with Gasteiger partial charge in [0.25, 0.3) is 0 Å². The highest BCUT2D eigenvalue weighted by Crippen LogP contribution is 2.32. The molecule has 0 saturated heterocycles. The fourth-order valence-corrected chi connectivity index (χ4v) is 3.61. The van der Waals surface area contributed by atoms with Crippen molar-refractivity contribution in [3.05, 3.63) is 71.2 Å². The first-order valence-corrected chi connectivity index (χ1v) is 9.83. The van der Waals surface area contributed by atoms with Gasteiger partial charge in [-0.05, 0) is 43.3 Å². The standard InChI is InChI=1S/C21H20FN5OS/c1-13-10-24-20(26-13)18-8-7-16(9-19(18)28-2)27-21-25-12-17(29-21)11-23-15-5-3-14(22)4-6-15/h3-10,12,23H,11H2,1-2H3,(H,24,26)(H,25,27).